The Morgan fingerprint density at radius 1 is 1.09 bits per heavy atom. The Labute approximate surface area is 131 Å². The molecular weight excluding hydrogens is 280 g/mol. The van der Waals surface area contributed by atoms with E-state index < -0.39 is 17.4 Å². The van der Waals surface area contributed by atoms with Gasteiger partial charge in [0, 0.05) is 12.2 Å². The second kappa shape index (κ2) is 6.48. The first-order valence-electron chi connectivity index (χ1n) is 7.70. The molecule has 0 saturated heterocycles. The van der Waals surface area contributed by atoms with Crippen molar-refractivity contribution in [2.45, 2.75) is 52.1 Å². The van der Waals surface area contributed by atoms with Gasteiger partial charge >= 0.3 is 11.8 Å². The van der Waals surface area contributed by atoms with Gasteiger partial charge in [-0.3, -0.25) is 9.59 Å². The van der Waals surface area contributed by atoms with Crippen LogP contribution in [0.5, 0.6) is 0 Å². The molecule has 0 bridgehead atoms. The van der Waals surface area contributed by atoms with Crippen molar-refractivity contribution < 1.29 is 14.7 Å². The summed E-state index contributed by atoms with van der Waals surface area (Å²) in [6, 6.07) is 3.92. The Bertz CT molecular complexity index is 567. The summed E-state index contributed by atoms with van der Waals surface area (Å²) in [6.07, 6.45) is 3.26. The molecule has 22 heavy (non-hydrogen) atoms. The van der Waals surface area contributed by atoms with Crippen molar-refractivity contribution in [2.75, 3.05) is 11.9 Å². The Morgan fingerprint density at radius 3 is 2.18 bits per heavy atom. The van der Waals surface area contributed by atoms with Crippen LogP contribution >= 0.6 is 0 Å². The fourth-order valence-electron chi connectivity index (χ4n) is 3.08. The van der Waals surface area contributed by atoms with Crippen molar-refractivity contribution in [3.05, 3.63) is 28.8 Å². The summed E-state index contributed by atoms with van der Waals surface area (Å²) < 4.78 is 0. The van der Waals surface area contributed by atoms with Gasteiger partial charge in [-0.05, 0) is 44.7 Å². The van der Waals surface area contributed by atoms with Crippen LogP contribution in [0, 0.1) is 20.8 Å². The highest BCUT2D eigenvalue weighted by Gasteiger charge is 2.32. The molecule has 120 valence electrons. The molecule has 3 N–H and O–H groups in total. The molecule has 2 rings (SSSR count). The van der Waals surface area contributed by atoms with E-state index in [1.807, 2.05) is 32.9 Å². The molecular formula is C17H24N2O3. The van der Waals surface area contributed by atoms with E-state index in [1.165, 1.54) is 0 Å². The second-order valence-corrected chi connectivity index (χ2v) is 6.34. The van der Waals surface area contributed by atoms with E-state index in [2.05, 4.69) is 10.6 Å². The van der Waals surface area contributed by atoms with Gasteiger partial charge in [-0.1, -0.05) is 30.5 Å². The van der Waals surface area contributed by atoms with Crippen molar-refractivity contribution in [2.24, 2.45) is 0 Å². The molecule has 5 heteroatoms. The van der Waals surface area contributed by atoms with Gasteiger partial charge in [-0.15, -0.1) is 0 Å². The number of aliphatic hydroxyl groups is 1. The summed E-state index contributed by atoms with van der Waals surface area (Å²) in [5, 5.41) is 15.4. The van der Waals surface area contributed by atoms with Crippen molar-refractivity contribution >= 4 is 17.5 Å². The van der Waals surface area contributed by atoms with E-state index >= 15 is 0 Å². The minimum atomic E-state index is -0.856. The van der Waals surface area contributed by atoms with Crippen molar-refractivity contribution in [3.63, 3.8) is 0 Å². The number of hydrogen-bond donors (Lipinski definition) is 3. The first kappa shape index (κ1) is 16.5. The standard InChI is InChI=1S/C17H24N2O3/c1-11-8-12(2)14(13(3)9-11)19-16(21)15(20)18-10-17(22)6-4-5-7-17/h8-9,22H,4-7,10H2,1-3H3,(H,18,20)(H,19,21). The summed E-state index contributed by atoms with van der Waals surface area (Å²) in [5.41, 5.74) is 2.78. The molecule has 0 atom stereocenters. The Balaban J connectivity index is 1.96. The maximum absolute atomic E-state index is 12.0. The molecule has 1 aliphatic rings. The average molecular weight is 304 g/mol. The highest BCUT2D eigenvalue weighted by molar-refractivity contribution is 6.39. The number of rotatable bonds is 3. The van der Waals surface area contributed by atoms with Crippen LogP contribution in [-0.2, 0) is 9.59 Å². The lowest BCUT2D eigenvalue weighted by molar-refractivity contribution is -0.136. The lowest BCUT2D eigenvalue weighted by Crippen LogP contribution is -2.44. The molecule has 1 aromatic rings. The van der Waals surface area contributed by atoms with Crippen LogP contribution in [0.1, 0.15) is 42.4 Å². The SMILES string of the molecule is Cc1cc(C)c(NC(=O)C(=O)NCC2(O)CCCC2)c(C)c1. The molecule has 1 aliphatic carbocycles. The molecule has 1 fully saturated rings. The third-order valence-electron chi connectivity index (χ3n) is 4.23. The number of carbonyl (C=O) groups excluding carboxylic acids is 2. The number of carbonyl (C=O) groups is 2. The maximum Gasteiger partial charge on any atom is 0.313 e. The van der Waals surface area contributed by atoms with Crippen LogP contribution in [0.4, 0.5) is 5.69 Å². The zero-order valence-electron chi connectivity index (χ0n) is 13.5. The summed E-state index contributed by atoms with van der Waals surface area (Å²) in [4.78, 5) is 23.9. The van der Waals surface area contributed by atoms with E-state index in [9.17, 15) is 14.7 Å². The van der Waals surface area contributed by atoms with E-state index in [0.717, 1.165) is 29.5 Å². The molecule has 1 aromatic carbocycles. The minimum Gasteiger partial charge on any atom is -0.388 e. The molecule has 2 amide bonds. The van der Waals surface area contributed by atoms with Gasteiger partial charge in [0.15, 0.2) is 0 Å². The largest absolute Gasteiger partial charge is 0.388 e. The normalized spacial score (nSPS) is 16.4. The van der Waals surface area contributed by atoms with Gasteiger partial charge in [-0.2, -0.15) is 0 Å². The number of benzene rings is 1. The van der Waals surface area contributed by atoms with E-state index in [4.69, 9.17) is 0 Å². The lowest BCUT2D eigenvalue weighted by Gasteiger charge is -2.22. The summed E-state index contributed by atoms with van der Waals surface area (Å²) in [7, 11) is 0. The molecule has 0 aromatic heterocycles. The van der Waals surface area contributed by atoms with Crippen LogP contribution in [0.3, 0.4) is 0 Å². The topological polar surface area (TPSA) is 78.4 Å². The Kier molecular flexibility index (Phi) is 4.86. The zero-order valence-corrected chi connectivity index (χ0v) is 13.5. The number of anilines is 1. The molecule has 0 unspecified atom stereocenters. The summed E-state index contributed by atoms with van der Waals surface area (Å²) >= 11 is 0. The van der Waals surface area contributed by atoms with Crippen molar-refractivity contribution in [3.8, 4) is 0 Å². The monoisotopic (exact) mass is 304 g/mol. The quantitative estimate of drug-likeness (QED) is 0.747. The van der Waals surface area contributed by atoms with Gasteiger partial charge < -0.3 is 15.7 Å². The molecule has 1 saturated carbocycles. The van der Waals surface area contributed by atoms with Crippen molar-refractivity contribution in [1.29, 1.82) is 0 Å². The van der Waals surface area contributed by atoms with Crippen LogP contribution in [0.2, 0.25) is 0 Å². The third-order valence-corrected chi connectivity index (χ3v) is 4.23. The molecule has 0 aliphatic heterocycles. The van der Waals surface area contributed by atoms with Crippen LogP contribution in [0.15, 0.2) is 12.1 Å². The first-order chi connectivity index (χ1) is 10.3. The predicted octanol–water partition coefficient (Wildman–Crippen LogP) is 1.97. The van der Waals surface area contributed by atoms with E-state index in [0.29, 0.717) is 18.5 Å². The van der Waals surface area contributed by atoms with Crippen LogP contribution < -0.4 is 10.6 Å². The minimum absolute atomic E-state index is 0.130. The fourth-order valence-corrected chi connectivity index (χ4v) is 3.08. The predicted molar refractivity (Wildman–Crippen MR) is 85.7 cm³/mol. The summed E-state index contributed by atoms with van der Waals surface area (Å²) in [6.45, 7) is 5.91. The highest BCUT2D eigenvalue weighted by atomic mass is 16.3. The second-order valence-electron chi connectivity index (χ2n) is 6.34. The van der Waals surface area contributed by atoms with Gasteiger partial charge in [0.25, 0.3) is 0 Å². The van der Waals surface area contributed by atoms with Crippen LogP contribution in [0.25, 0.3) is 0 Å². The molecule has 0 spiro atoms. The smallest absolute Gasteiger partial charge is 0.313 e. The molecule has 5 nitrogen and oxygen atoms in total. The van der Waals surface area contributed by atoms with Gasteiger partial charge in [-0.25, -0.2) is 0 Å². The maximum atomic E-state index is 12.0. The Morgan fingerprint density at radius 2 is 1.64 bits per heavy atom. The van der Waals surface area contributed by atoms with Gasteiger partial charge in [0.1, 0.15) is 0 Å². The van der Waals surface area contributed by atoms with E-state index in [1.54, 1.807) is 0 Å². The van der Waals surface area contributed by atoms with Gasteiger partial charge in [0.2, 0.25) is 0 Å². The highest BCUT2D eigenvalue weighted by Crippen LogP contribution is 2.28. The fraction of sp³-hybridized carbons (Fsp3) is 0.529. The molecule has 0 radical (unpaired) electrons. The lowest BCUT2D eigenvalue weighted by atomic mass is 10.0. The zero-order chi connectivity index (χ0) is 16.3. The molecule has 0 heterocycles. The Hall–Kier alpha value is -1.88. The first-order valence-corrected chi connectivity index (χ1v) is 7.70. The number of amides is 2. The average Bonchev–Trinajstić information content (AvgIpc) is 2.87. The number of hydrogen-bond acceptors (Lipinski definition) is 3. The van der Waals surface area contributed by atoms with E-state index in [-0.39, 0.29) is 6.54 Å². The van der Waals surface area contributed by atoms with Crippen molar-refractivity contribution in [1.82, 2.24) is 5.32 Å². The van der Waals surface area contributed by atoms with Gasteiger partial charge in [0.05, 0.1) is 5.60 Å². The third kappa shape index (κ3) is 3.85. The number of nitrogens with one attached hydrogen (secondary N) is 2. The van der Waals surface area contributed by atoms with Crippen LogP contribution in [-0.4, -0.2) is 29.1 Å². The number of aryl methyl sites for hydroxylation is 3. The summed E-state index contributed by atoms with van der Waals surface area (Å²) in [5.74, 6) is -1.41.